The molecule has 47 heavy (non-hydrogen) atoms. The van der Waals surface area contributed by atoms with Crippen LogP contribution < -0.4 is 0 Å². The van der Waals surface area contributed by atoms with Gasteiger partial charge in [-0.1, -0.05) is 135 Å². The second-order valence-electron chi connectivity index (χ2n) is 13.0. The second-order valence-corrected chi connectivity index (χ2v) is 14.1. The van der Waals surface area contributed by atoms with Crippen molar-refractivity contribution in [3.63, 3.8) is 0 Å². The summed E-state index contributed by atoms with van der Waals surface area (Å²) in [5.74, 6) is 0.730. The van der Waals surface area contributed by atoms with Gasteiger partial charge in [0.15, 0.2) is 5.82 Å². The van der Waals surface area contributed by atoms with Crippen LogP contribution in [0.15, 0.2) is 140 Å². The highest BCUT2D eigenvalue weighted by atomic mass is 32.1. The van der Waals surface area contributed by atoms with Crippen LogP contribution in [-0.2, 0) is 5.41 Å². The minimum absolute atomic E-state index is 0.130. The van der Waals surface area contributed by atoms with Gasteiger partial charge in [-0.25, -0.2) is 9.97 Å². The molecule has 10 rings (SSSR count). The van der Waals surface area contributed by atoms with E-state index in [1.54, 1.807) is 0 Å². The molecule has 0 bridgehead atoms. The highest BCUT2D eigenvalue weighted by Crippen LogP contribution is 2.53. The van der Waals surface area contributed by atoms with Crippen LogP contribution in [0.2, 0.25) is 0 Å². The number of hydrogen-bond donors (Lipinski definition) is 0. The number of benzene rings is 6. The molecule has 222 valence electrons. The molecule has 0 aliphatic carbocycles. The van der Waals surface area contributed by atoms with E-state index in [2.05, 4.69) is 134 Å². The fourth-order valence-electron chi connectivity index (χ4n) is 7.61. The van der Waals surface area contributed by atoms with Gasteiger partial charge in [-0.05, 0) is 34.5 Å². The third kappa shape index (κ3) is 3.79. The average molecular weight is 620 g/mol. The Hall–Kier alpha value is -5.58. The maximum absolute atomic E-state index is 5.15. The molecule has 0 amide bonds. The first-order valence-corrected chi connectivity index (χ1v) is 16.9. The summed E-state index contributed by atoms with van der Waals surface area (Å²) in [5.41, 5.74) is 10.1. The highest BCUT2D eigenvalue weighted by Gasteiger charge is 2.38. The van der Waals surface area contributed by atoms with Gasteiger partial charge in [-0.15, -0.1) is 11.3 Å². The van der Waals surface area contributed by atoms with E-state index in [1.807, 2.05) is 35.6 Å². The molecule has 0 radical (unpaired) electrons. The van der Waals surface area contributed by atoms with Crippen LogP contribution in [0.5, 0.6) is 0 Å². The van der Waals surface area contributed by atoms with Crippen LogP contribution >= 0.6 is 11.3 Å². The van der Waals surface area contributed by atoms with Gasteiger partial charge < -0.3 is 4.57 Å². The summed E-state index contributed by atoms with van der Waals surface area (Å²) in [5, 5.41) is 6.45. The summed E-state index contributed by atoms with van der Waals surface area (Å²) in [6.07, 6.45) is 0. The molecule has 0 fully saturated rings. The Balaban J connectivity index is 1.25. The number of thiophene rings is 1. The van der Waals surface area contributed by atoms with Crippen molar-refractivity contribution in [2.24, 2.45) is 0 Å². The largest absolute Gasteiger partial charge is 0.307 e. The van der Waals surface area contributed by atoms with Crippen molar-refractivity contribution in [1.29, 1.82) is 0 Å². The van der Waals surface area contributed by atoms with Crippen molar-refractivity contribution in [3.05, 3.63) is 150 Å². The topological polar surface area (TPSA) is 30.7 Å². The van der Waals surface area contributed by atoms with Crippen molar-refractivity contribution in [2.75, 3.05) is 0 Å². The molecular weight excluding hydrogens is 591 g/mol. The molecule has 0 saturated heterocycles. The van der Waals surface area contributed by atoms with Crippen LogP contribution in [0, 0.1) is 0 Å². The molecule has 0 atom stereocenters. The van der Waals surface area contributed by atoms with Gasteiger partial charge in [0.1, 0.15) is 0 Å². The van der Waals surface area contributed by atoms with Crippen LogP contribution in [0.25, 0.3) is 82.3 Å². The molecule has 1 aliphatic rings. The molecule has 0 spiro atoms. The zero-order chi connectivity index (χ0) is 31.3. The number of aromatic nitrogens is 3. The van der Waals surface area contributed by atoms with E-state index in [9.17, 15) is 0 Å². The van der Waals surface area contributed by atoms with Gasteiger partial charge >= 0.3 is 0 Å². The number of fused-ring (bicyclic) bond motifs is 9. The maximum Gasteiger partial charge on any atom is 0.160 e. The highest BCUT2D eigenvalue weighted by molar-refractivity contribution is 7.20. The van der Waals surface area contributed by atoms with Crippen molar-refractivity contribution < 1.29 is 0 Å². The molecule has 9 aromatic rings. The minimum Gasteiger partial charge on any atom is -0.307 e. The van der Waals surface area contributed by atoms with E-state index in [0.29, 0.717) is 0 Å². The Morgan fingerprint density at radius 1 is 0.553 bits per heavy atom. The number of rotatable bonds is 3. The summed E-state index contributed by atoms with van der Waals surface area (Å²) in [6.45, 7) is 4.78. The van der Waals surface area contributed by atoms with Crippen molar-refractivity contribution >= 4 is 54.0 Å². The monoisotopic (exact) mass is 619 g/mol. The number of hydrogen-bond acceptors (Lipinski definition) is 3. The Bertz CT molecular complexity index is 2640. The fraction of sp³-hybridized carbons (Fsp3) is 0.0698. The van der Waals surface area contributed by atoms with Gasteiger partial charge in [0, 0.05) is 47.8 Å². The molecule has 6 aromatic carbocycles. The predicted octanol–water partition coefficient (Wildman–Crippen LogP) is 11.6. The number of para-hydroxylation sites is 1. The molecular formula is C43H29N3S. The van der Waals surface area contributed by atoms with E-state index in [1.165, 1.54) is 58.8 Å². The lowest BCUT2D eigenvalue weighted by Gasteiger charge is -2.32. The lowest BCUT2D eigenvalue weighted by molar-refractivity contribution is 0.647. The van der Waals surface area contributed by atoms with E-state index in [4.69, 9.17) is 9.97 Å². The number of nitrogens with zero attached hydrogens (tertiary/aromatic N) is 3. The first-order valence-electron chi connectivity index (χ1n) is 16.1. The zero-order valence-corrected chi connectivity index (χ0v) is 26.8. The summed E-state index contributed by atoms with van der Waals surface area (Å²) < 4.78 is 3.91. The van der Waals surface area contributed by atoms with Gasteiger partial charge in [-0.3, -0.25) is 0 Å². The summed E-state index contributed by atoms with van der Waals surface area (Å²) in [7, 11) is 0. The molecule has 3 nitrogen and oxygen atoms in total. The molecule has 0 N–H and O–H groups in total. The first kappa shape index (κ1) is 26.6. The molecule has 4 heteroatoms. The van der Waals surface area contributed by atoms with E-state index < -0.39 is 0 Å². The summed E-state index contributed by atoms with van der Waals surface area (Å²) >= 11 is 1.96. The maximum atomic E-state index is 5.15. The lowest BCUT2D eigenvalue weighted by Crippen LogP contribution is -2.24. The van der Waals surface area contributed by atoms with Crippen LogP contribution in [0.4, 0.5) is 0 Å². The molecule has 4 heterocycles. The Labute approximate surface area is 276 Å². The van der Waals surface area contributed by atoms with Crippen LogP contribution in [-0.4, -0.2) is 14.5 Å². The smallest absolute Gasteiger partial charge is 0.160 e. The fourth-order valence-corrected chi connectivity index (χ4v) is 9.05. The van der Waals surface area contributed by atoms with Gasteiger partial charge in [0.25, 0.3) is 0 Å². The van der Waals surface area contributed by atoms with E-state index in [0.717, 1.165) is 33.9 Å². The normalized spacial score (nSPS) is 13.5. The zero-order valence-electron chi connectivity index (χ0n) is 26.0. The van der Waals surface area contributed by atoms with Crippen molar-refractivity contribution in [1.82, 2.24) is 14.5 Å². The van der Waals surface area contributed by atoms with Crippen molar-refractivity contribution in [3.8, 4) is 39.6 Å². The molecule has 3 aromatic heterocycles. The van der Waals surface area contributed by atoms with Gasteiger partial charge in [0.05, 0.1) is 28.1 Å². The Kier molecular flexibility index (Phi) is 5.50. The third-order valence-corrected chi connectivity index (χ3v) is 11.5. The summed E-state index contributed by atoms with van der Waals surface area (Å²) in [6, 6.07) is 49.9. The summed E-state index contributed by atoms with van der Waals surface area (Å²) in [4.78, 5) is 11.6. The van der Waals surface area contributed by atoms with E-state index in [-0.39, 0.29) is 5.41 Å². The molecule has 0 unspecified atom stereocenters. The quantitative estimate of drug-likeness (QED) is 0.197. The van der Waals surface area contributed by atoms with Gasteiger partial charge in [-0.2, -0.15) is 0 Å². The predicted molar refractivity (Wildman–Crippen MR) is 198 cm³/mol. The first-order chi connectivity index (χ1) is 23.1. The average Bonchev–Trinajstić information content (AvgIpc) is 3.68. The van der Waals surface area contributed by atoms with E-state index >= 15 is 0 Å². The minimum atomic E-state index is -0.130. The van der Waals surface area contributed by atoms with Crippen LogP contribution in [0.3, 0.4) is 0 Å². The van der Waals surface area contributed by atoms with Crippen LogP contribution in [0.1, 0.15) is 24.3 Å². The Morgan fingerprint density at radius 2 is 1.26 bits per heavy atom. The molecule has 1 aliphatic heterocycles. The Morgan fingerprint density at radius 3 is 2.06 bits per heavy atom. The lowest BCUT2D eigenvalue weighted by atomic mass is 9.79. The second kappa shape index (κ2) is 9.71. The third-order valence-electron chi connectivity index (χ3n) is 9.93. The standard InChI is InChI=1S/C43H29N3S/c1-43(2)34-19-11-18-31-33-24-29(36-25-35(27-13-5-3-6-14-27)44-42(45-36)28-15-7-4-8-16-28)21-23-37(33)46(38(31)34)39-32-22-20-26-12-9-10-17-30(26)40(32)47-41(39)43/h3-25H,1-2H3. The SMILES string of the molecule is CC1(C)c2sc3c(ccc4ccccc43)c2-n2c3ccc(-c4cc(-c5ccccc5)nc(-c5ccccc5)n4)cc3c3cccc1c32. The molecule has 0 saturated carbocycles. The van der Waals surface area contributed by atoms with Gasteiger partial charge in [0.2, 0.25) is 0 Å². The van der Waals surface area contributed by atoms with Crippen molar-refractivity contribution in [2.45, 2.75) is 19.3 Å².